The zero-order chi connectivity index (χ0) is 60.0. The number of aliphatic hydroxyl groups is 5. The van der Waals surface area contributed by atoms with E-state index in [0.717, 1.165) is 83.5 Å². The number of allylic oxidation sites excluding steroid dienone is 15. The maximum absolute atomic E-state index is 13.1. The van der Waals surface area contributed by atoms with Gasteiger partial charge in [-0.1, -0.05) is 323 Å². The second-order valence-electron chi connectivity index (χ2n) is 23.9. The summed E-state index contributed by atoms with van der Waals surface area (Å²) in [7, 11) is 0. The fourth-order valence-corrected chi connectivity index (χ4v) is 10.7. The molecule has 83 heavy (non-hydrogen) atoms. The SMILES string of the molecule is CC/C=C\C/C=C\C/C=C\C/C=C\C/C=C\C/C=C\C/C=C\CCCCCCCCCCCCCCCC(=O)NC(COC1OC(CO)C(O)C(O)C1O)C(O)/C=C/CCCCCCCCCCCCCCCCCCCCCCCCC. The Morgan fingerprint density at radius 1 is 0.422 bits per heavy atom. The highest BCUT2D eigenvalue weighted by Gasteiger charge is 2.44. The number of rotatable bonds is 60. The van der Waals surface area contributed by atoms with Crippen molar-refractivity contribution in [3.05, 3.63) is 97.2 Å². The molecule has 0 aromatic carbocycles. The highest BCUT2D eigenvalue weighted by Crippen LogP contribution is 2.23. The van der Waals surface area contributed by atoms with Crippen LogP contribution in [0.25, 0.3) is 0 Å². The topological polar surface area (TPSA) is 149 Å². The van der Waals surface area contributed by atoms with Crippen molar-refractivity contribution in [1.82, 2.24) is 5.32 Å². The minimum atomic E-state index is -1.57. The molecule has 0 spiro atoms. The van der Waals surface area contributed by atoms with E-state index >= 15 is 0 Å². The molecule has 480 valence electrons. The predicted molar refractivity (Wildman–Crippen MR) is 355 cm³/mol. The van der Waals surface area contributed by atoms with Crippen LogP contribution in [-0.4, -0.2) is 87.5 Å². The Morgan fingerprint density at radius 3 is 1.11 bits per heavy atom. The van der Waals surface area contributed by atoms with Gasteiger partial charge in [-0.15, -0.1) is 0 Å². The van der Waals surface area contributed by atoms with Gasteiger partial charge in [-0.05, 0) is 77.0 Å². The molecule has 7 unspecified atom stereocenters. The first-order chi connectivity index (χ1) is 40.8. The molecule has 9 nitrogen and oxygen atoms in total. The molecule has 1 rings (SSSR count). The lowest BCUT2D eigenvalue weighted by Gasteiger charge is -2.40. The number of nitrogens with one attached hydrogen (secondary N) is 1. The molecule has 1 aliphatic rings. The van der Waals surface area contributed by atoms with Gasteiger partial charge in [-0.3, -0.25) is 4.79 Å². The minimum Gasteiger partial charge on any atom is -0.394 e. The van der Waals surface area contributed by atoms with Crippen LogP contribution in [0.4, 0.5) is 0 Å². The van der Waals surface area contributed by atoms with Crippen LogP contribution in [0.5, 0.6) is 0 Å². The number of carbonyl (C=O) groups excluding carboxylic acids is 1. The molecular formula is C74H131NO8. The Bertz CT molecular complexity index is 1630. The Hall–Kier alpha value is -2.89. The van der Waals surface area contributed by atoms with Crippen LogP contribution in [0.15, 0.2) is 97.2 Å². The molecule has 7 atom stereocenters. The molecule has 0 aromatic rings. The summed E-state index contributed by atoms with van der Waals surface area (Å²) in [6.07, 6.45) is 83.6. The lowest BCUT2D eigenvalue weighted by molar-refractivity contribution is -0.302. The van der Waals surface area contributed by atoms with Gasteiger partial charge in [0.1, 0.15) is 24.4 Å². The van der Waals surface area contributed by atoms with Crippen LogP contribution in [0.2, 0.25) is 0 Å². The van der Waals surface area contributed by atoms with Gasteiger partial charge >= 0.3 is 0 Å². The van der Waals surface area contributed by atoms with Crippen LogP contribution in [0.1, 0.15) is 309 Å². The summed E-state index contributed by atoms with van der Waals surface area (Å²) in [5, 5.41) is 54.8. The summed E-state index contributed by atoms with van der Waals surface area (Å²) < 4.78 is 11.3. The predicted octanol–water partition coefficient (Wildman–Crippen LogP) is 19.1. The maximum Gasteiger partial charge on any atom is 0.220 e. The molecule has 9 heteroatoms. The van der Waals surface area contributed by atoms with Gasteiger partial charge in [0.2, 0.25) is 5.91 Å². The van der Waals surface area contributed by atoms with Crippen molar-refractivity contribution in [1.29, 1.82) is 0 Å². The number of ether oxygens (including phenoxy) is 2. The molecule has 6 N–H and O–H groups in total. The zero-order valence-electron chi connectivity index (χ0n) is 53.7. The van der Waals surface area contributed by atoms with E-state index in [1.165, 1.54) is 205 Å². The Kier molecular flexibility index (Phi) is 58.5. The number of hydrogen-bond donors (Lipinski definition) is 6. The van der Waals surface area contributed by atoms with Crippen molar-refractivity contribution < 1.29 is 39.8 Å². The zero-order valence-corrected chi connectivity index (χ0v) is 53.7. The first-order valence-electron chi connectivity index (χ1n) is 35.0. The van der Waals surface area contributed by atoms with Crippen molar-refractivity contribution >= 4 is 5.91 Å². The molecule has 0 radical (unpaired) electrons. The highest BCUT2D eigenvalue weighted by molar-refractivity contribution is 5.76. The van der Waals surface area contributed by atoms with Gasteiger partial charge in [0.25, 0.3) is 0 Å². The van der Waals surface area contributed by atoms with Crippen LogP contribution in [-0.2, 0) is 14.3 Å². The molecular weight excluding hydrogens is 1030 g/mol. The molecule has 1 amide bonds. The molecule has 0 saturated carbocycles. The molecule has 1 aliphatic heterocycles. The van der Waals surface area contributed by atoms with Gasteiger partial charge in [0.05, 0.1) is 25.4 Å². The third-order valence-electron chi connectivity index (χ3n) is 16.2. The van der Waals surface area contributed by atoms with Gasteiger partial charge in [-0.2, -0.15) is 0 Å². The lowest BCUT2D eigenvalue weighted by Crippen LogP contribution is -2.60. The van der Waals surface area contributed by atoms with Crippen molar-refractivity contribution in [3.8, 4) is 0 Å². The van der Waals surface area contributed by atoms with E-state index in [1.807, 2.05) is 6.08 Å². The Balaban J connectivity index is 2.14. The Labute approximate surface area is 511 Å². The molecule has 1 fully saturated rings. The van der Waals surface area contributed by atoms with Gasteiger partial charge in [0.15, 0.2) is 6.29 Å². The van der Waals surface area contributed by atoms with Crippen molar-refractivity contribution in [2.24, 2.45) is 0 Å². The van der Waals surface area contributed by atoms with E-state index in [9.17, 15) is 30.3 Å². The second-order valence-corrected chi connectivity index (χ2v) is 23.9. The number of aliphatic hydroxyl groups excluding tert-OH is 5. The third-order valence-corrected chi connectivity index (χ3v) is 16.2. The van der Waals surface area contributed by atoms with Crippen molar-refractivity contribution in [2.75, 3.05) is 13.2 Å². The first kappa shape index (κ1) is 78.1. The van der Waals surface area contributed by atoms with Gasteiger partial charge < -0.3 is 40.3 Å². The van der Waals surface area contributed by atoms with Crippen LogP contribution < -0.4 is 5.32 Å². The third kappa shape index (κ3) is 50.9. The maximum atomic E-state index is 13.1. The average molecular weight is 1160 g/mol. The van der Waals surface area contributed by atoms with Gasteiger partial charge in [-0.25, -0.2) is 0 Å². The summed E-state index contributed by atoms with van der Waals surface area (Å²) in [4.78, 5) is 13.1. The monoisotopic (exact) mass is 1160 g/mol. The number of hydrogen-bond acceptors (Lipinski definition) is 8. The van der Waals surface area contributed by atoms with E-state index in [4.69, 9.17) is 9.47 Å². The highest BCUT2D eigenvalue weighted by atomic mass is 16.7. The normalized spacial score (nSPS) is 18.9. The van der Waals surface area contributed by atoms with E-state index < -0.39 is 49.5 Å². The standard InChI is InChI=1S/C74H131NO8/c1-3-5-7-9-11-13-15-17-19-21-23-25-27-29-30-31-32-33-34-35-36-37-38-40-42-44-46-48-50-52-54-56-58-60-62-64-70(78)75-67(66-82-74-73(81)72(80)71(79)69(65-76)83-74)68(77)63-61-59-57-55-53-51-49-47-45-43-41-39-28-26-24-22-20-18-16-14-12-10-8-6-4-2/h5,7,11,13,17,19,23,25,29-30,32-33,35-36,61,63,67-69,71-74,76-77,79-81H,3-4,6,8-10,12,14-16,18,20-22,24,26-28,31,34,37-60,62,64-66H2,1-2H3,(H,75,78)/b7-5-,13-11-,19-17-,25-23-,30-29-,33-32-,36-35-,63-61+. The Morgan fingerprint density at radius 2 is 0.747 bits per heavy atom. The molecule has 0 aromatic heterocycles. The number of unbranched alkanes of at least 4 members (excludes halogenated alkanes) is 36. The van der Waals surface area contributed by atoms with Crippen molar-refractivity contribution in [3.63, 3.8) is 0 Å². The van der Waals surface area contributed by atoms with Crippen molar-refractivity contribution in [2.45, 2.75) is 352 Å². The fraction of sp³-hybridized carbons (Fsp3) is 0.770. The first-order valence-corrected chi connectivity index (χ1v) is 35.0. The summed E-state index contributed by atoms with van der Waals surface area (Å²) in [5.74, 6) is -0.178. The quantitative estimate of drug-likeness (QED) is 0.0261. The van der Waals surface area contributed by atoms with E-state index in [0.29, 0.717) is 6.42 Å². The molecule has 0 bridgehead atoms. The summed E-state index contributed by atoms with van der Waals surface area (Å²) >= 11 is 0. The minimum absolute atomic E-state index is 0.178. The second kappa shape index (κ2) is 62.2. The van der Waals surface area contributed by atoms with Crippen LogP contribution in [0, 0.1) is 0 Å². The molecule has 0 aliphatic carbocycles. The lowest BCUT2D eigenvalue weighted by atomic mass is 9.99. The van der Waals surface area contributed by atoms with E-state index in [-0.39, 0.29) is 12.5 Å². The van der Waals surface area contributed by atoms with Gasteiger partial charge in [0, 0.05) is 6.42 Å². The smallest absolute Gasteiger partial charge is 0.220 e. The average Bonchev–Trinajstić information content (AvgIpc) is 3.60. The molecule has 1 saturated heterocycles. The summed E-state index contributed by atoms with van der Waals surface area (Å²) in [6.45, 7) is 3.70. The number of amides is 1. The molecule has 1 heterocycles. The van der Waals surface area contributed by atoms with E-state index in [1.54, 1.807) is 6.08 Å². The van der Waals surface area contributed by atoms with Crippen LogP contribution >= 0.6 is 0 Å². The largest absolute Gasteiger partial charge is 0.394 e. The summed E-state index contributed by atoms with van der Waals surface area (Å²) in [5.41, 5.74) is 0. The summed E-state index contributed by atoms with van der Waals surface area (Å²) in [6, 6.07) is -0.812. The number of carbonyl (C=O) groups is 1. The fourth-order valence-electron chi connectivity index (χ4n) is 10.7. The van der Waals surface area contributed by atoms with E-state index in [2.05, 4.69) is 104 Å². The van der Waals surface area contributed by atoms with Crippen LogP contribution in [0.3, 0.4) is 0 Å².